The molecule has 1 fully saturated rings. The van der Waals surface area contributed by atoms with Gasteiger partial charge >= 0.3 is 5.97 Å². The first-order chi connectivity index (χ1) is 13.1. The van der Waals surface area contributed by atoms with E-state index in [0.717, 1.165) is 29.1 Å². The smallest absolute Gasteiger partial charge is 0.348 e. The molecule has 0 amide bonds. The molecule has 1 aromatic carbocycles. The lowest BCUT2D eigenvalue weighted by atomic mass is 9.89. The van der Waals surface area contributed by atoms with Gasteiger partial charge in [0.2, 0.25) is 0 Å². The van der Waals surface area contributed by atoms with E-state index in [2.05, 4.69) is 36.2 Å². The standard InChI is InChI=1S/C22H27NO3S/c1-4-26-14-11-19-15-20(27-21(19)22(24)25-3)18-7-5-16(6-8-18)17-9-12-23(2)13-10-17/h5-8,11,14-15,17H,4,9-10,12-13H2,1-3H3/b14-11+. The number of carbonyl (C=O) groups is 1. The Morgan fingerprint density at radius 3 is 2.59 bits per heavy atom. The van der Waals surface area contributed by atoms with E-state index in [-0.39, 0.29) is 5.97 Å². The van der Waals surface area contributed by atoms with Crippen LogP contribution in [-0.4, -0.2) is 44.7 Å². The Morgan fingerprint density at radius 2 is 1.96 bits per heavy atom. The zero-order valence-corrected chi connectivity index (χ0v) is 17.1. The Kier molecular flexibility index (Phi) is 6.69. The van der Waals surface area contributed by atoms with Gasteiger partial charge in [0.25, 0.3) is 0 Å². The quantitative estimate of drug-likeness (QED) is 0.517. The van der Waals surface area contributed by atoms with Crippen LogP contribution in [0.3, 0.4) is 0 Å². The molecule has 2 aromatic rings. The molecule has 2 heterocycles. The van der Waals surface area contributed by atoms with Gasteiger partial charge in [0, 0.05) is 10.4 Å². The van der Waals surface area contributed by atoms with Crippen molar-refractivity contribution in [2.75, 3.05) is 33.9 Å². The third-order valence-electron chi connectivity index (χ3n) is 5.03. The van der Waals surface area contributed by atoms with Crippen LogP contribution in [0.25, 0.3) is 16.5 Å². The second-order valence-electron chi connectivity index (χ2n) is 6.84. The van der Waals surface area contributed by atoms with Gasteiger partial charge in [0.1, 0.15) is 4.88 Å². The molecule has 0 unspecified atom stereocenters. The summed E-state index contributed by atoms with van der Waals surface area (Å²) in [5.41, 5.74) is 3.36. The fourth-order valence-corrected chi connectivity index (χ4v) is 4.47. The van der Waals surface area contributed by atoms with E-state index < -0.39 is 0 Å². The van der Waals surface area contributed by atoms with E-state index in [1.165, 1.54) is 36.9 Å². The average Bonchev–Trinajstić information content (AvgIpc) is 3.12. The highest BCUT2D eigenvalue weighted by molar-refractivity contribution is 7.17. The molecule has 0 saturated carbocycles. The predicted octanol–water partition coefficient (Wildman–Crippen LogP) is 5.02. The Morgan fingerprint density at radius 1 is 1.26 bits per heavy atom. The summed E-state index contributed by atoms with van der Waals surface area (Å²) in [7, 11) is 3.60. The lowest BCUT2D eigenvalue weighted by Crippen LogP contribution is -2.29. The molecule has 3 rings (SSSR count). The molecule has 0 radical (unpaired) electrons. The summed E-state index contributed by atoms with van der Waals surface area (Å²) in [5.74, 6) is 0.333. The van der Waals surface area contributed by atoms with Crippen molar-refractivity contribution in [2.24, 2.45) is 0 Å². The number of benzene rings is 1. The lowest BCUT2D eigenvalue weighted by Gasteiger charge is -2.29. The summed E-state index contributed by atoms with van der Waals surface area (Å²) in [6.07, 6.45) is 5.88. The molecule has 0 N–H and O–H groups in total. The van der Waals surface area contributed by atoms with Crippen molar-refractivity contribution >= 4 is 23.4 Å². The van der Waals surface area contributed by atoms with Crippen LogP contribution < -0.4 is 0 Å². The van der Waals surface area contributed by atoms with Gasteiger partial charge in [-0.25, -0.2) is 4.79 Å². The number of thiophene rings is 1. The minimum absolute atomic E-state index is 0.314. The van der Waals surface area contributed by atoms with Gasteiger partial charge in [-0.15, -0.1) is 11.3 Å². The van der Waals surface area contributed by atoms with Gasteiger partial charge < -0.3 is 14.4 Å². The third-order valence-corrected chi connectivity index (χ3v) is 6.21. The SMILES string of the molecule is CCO/C=C/c1cc(-c2ccc(C3CCN(C)CC3)cc2)sc1C(=O)OC. The number of rotatable bonds is 6. The van der Waals surface area contributed by atoms with Gasteiger partial charge in [-0.1, -0.05) is 24.3 Å². The molecule has 1 aromatic heterocycles. The van der Waals surface area contributed by atoms with Crippen LogP contribution in [0.15, 0.2) is 36.6 Å². The van der Waals surface area contributed by atoms with Gasteiger partial charge in [0.05, 0.1) is 20.0 Å². The highest BCUT2D eigenvalue weighted by Gasteiger charge is 2.19. The molecule has 1 aliphatic rings. The van der Waals surface area contributed by atoms with Crippen LogP contribution in [0.4, 0.5) is 0 Å². The lowest BCUT2D eigenvalue weighted by molar-refractivity contribution is 0.0606. The topological polar surface area (TPSA) is 38.8 Å². The molecule has 1 saturated heterocycles. The van der Waals surface area contributed by atoms with Gasteiger partial charge in [-0.2, -0.15) is 0 Å². The fourth-order valence-electron chi connectivity index (χ4n) is 3.40. The summed E-state index contributed by atoms with van der Waals surface area (Å²) < 4.78 is 10.2. The summed E-state index contributed by atoms with van der Waals surface area (Å²) in [6.45, 7) is 4.85. The normalized spacial score (nSPS) is 16.0. The molecular formula is C22H27NO3S. The molecule has 0 bridgehead atoms. The summed E-state index contributed by atoms with van der Waals surface area (Å²) in [4.78, 5) is 16.2. The van der Waals surface area contributed by atoms with Gasteiger partial charge in [0.15, 0.2) is 0 Å². The van der Waals surface area contributed by atoms with E-state index >= 15 is 0 Å². The van der Waals surface area contributed by atoms with Crippen molar-refractivity contribution < 1.29 is 14.3 Å². The molecule has 4 nitrogen and oxygen atoms in total. The second kappa shape index (κ2) is 9.20. The first-order valence-electron chi connectivity index (χ1n) is 9.41. The molecule has 1 aliphatic heterocycles. The number of piperidine rings is 1. The number of hydrogen-bond acceptors (Lipinski definition) is 5. The average molecular weight is 386 g/mol. The molecule has 144 valence electrons. The fraction of sp³-hybridized carbons (Fsp3) is 0.409. The van der Waals surface area contributed by atoms with Gasteiger partial charge in [-0.3, -0.25) is 0 Å². The van der Waals surface area contributed by atoms with Crippen molar-refractivity contribution in [3.63, 3.8) is 0 Å². The molecule has 0 atom stereocenters. The van der Waals surface area contributed by atoms with Crippen molar-refractivity contribution in [1.29, 1.82) is 0 Å². The summed E-state index contributed by atoms with van der Waals surface area (Å²) >= 11 is 1.46. The van der Waals surface area contributed by atoms with Crippen molar-refractivity contribution in [3.8, 4) is 10.4 Å². The molecule has 5 heteroatoms. The van der Waals surface area contributed by atoms with Gasteiger partial charge in [-0.05, 0) is 69.1 Å². The molecular weight excluding hydrogens is 358 g/mol. The minimum atomic E-state index is -0.314. The molecule has 27 heavy (non-hydrogen) atoms. The highest BCUT2D eigenvalue weighted by atomic mass is 32.1. The number of methoxy groups -OCH3 is 1. The predicted molar refractivity (Wildman–Crippen MR) is 111 cm³/mol. The number of carbonyl (C=O) groups excluding carboxylic acids is 1. The van der Waals surface area contributed by atoms with Crippen LogP contribution >= 0.6 is 11.3 Å². The first kappa shape index (κ1) is 19.6. The van der Waals surface area contributed by atoms with E-state index in [1.54, 1.807) is 6.26 Å². The van der Waals surface area contributed by atoms with E-state index in [9.17, 15) is 4.79 Å². The zero-order valence-electron chi connectivity index (χ0n) is 16.2. The van der Waals surface area contributed by atoms with Crippen molar-refractivity contribution in [3.05, 3.63) is 52.6 Å². The van der Waals surface area contributed by atoms with E-state index in [1.807, 2.05) is 19.1 Å². The Bertz CT molecular complexity index is 786. The number of likely N-dealkylation sites (tertiary alicyclic amines) is 1. The number of esters is 1. The first-order valence-corrected chi connectivity index (χ1v) is 10.2. The maximum Gasteiger partial charge on any atom is 0.348 e. The number of nitrogens with zero attached hydrogens (tertiary/aromatic N) is 1. The highest BCUT2D eigenvalue weighted by Crippen LogP contribution is 2.35. The molecule has 0 spiro atoms. The van der Waals surface area contributed by atoms with E-state index in [4.69, 9.17) is 9.47 Å². The maximum atomic E-state index is 12.1. The maximum absolute atomic E-state index is 12.1. The van der Waals surface area contributed by atoms with Crippen LogP contribution in [0.1, 0.15) is 46.5 Å². The second-order valence-corrected chi connectivity index (χ2v) is 7.90. The summed E-state index contributed by atoms with van der Waals surface area (Å²) in [6, 6.07) is 10.8. The zero-order chi connectivity index (χ0) is 19.2. The Hall–Kier alpha value is -2.11. The molecule has 0 aliphatic carbocycles. The van der Waals surface area contributed by atoms with Crippen molar-refractivity contribution in [1.82, 2.24) is 4.90 Å². The largest absolute Gasteiger partial charge is 0.501 e. The van der Waals surface area contributed by atoms with Crippen molar-refractivity contribution in [2.45, 2.75) is 25.7 Å². The van der Waals surface area contributed by atoms with Crippen LogP contribution in [0.2, 0.25) is 0 Å². The van der Waals surface area contributed by atoms with Crippen LogP contribution in [0, 0.1) is 0 Å². The number of hydrogen-bond donors (Lipinski definition) is 0. The van der Waals surface area contributed by atoms with Crippen LogP contribution in [-0.2, 0) is 9.47 Å². The Labute approximate surface area is 165 Å². The third kappa shape index (κ3) is 4.79. The number of ether oxygens (including phenoxy) is 2. The summed E-state index contributed by atoms with van der Waals surface area (Å²) in [5, 5.41) is 0. The Balaban J connectivity index is 1.82. The monoisotopic (exact) mass is 385 g/mol. The van der Waals surface area contributed by atoms with Crippen LogP contribution in [0.5, 0.6) is 0 Å². The minimum Gasteiger partial charge on any atom is -0.501 e. The van der Waals surface area contributed by atoms with E-state index in [0.29, 0.717) is 17.4 Å².